The summed E-state index contributed by atoms with van der Waals surface area (Å²) in [5.41, 5.74) is 5.01. The number of carboxylic acids is 1. The second kappa shape index (κ2) is 11.4. The van der Waals surface area contributed by atoms with Gasteiger partial charge in [-0.2, -0.15) is 0 Å². The van der Waals surface area contributed by atoms with E-state index in [-0.39, 0.29) is 36.1 Å². The minimum atomic E-state index is -1.09. The molecule has 8 heteroatoms. The topological polar surface area (TPSA) is 105 Å². The monoisotopic (exact) mass is 584 g/mol. The van der Waals surface area contributed by atoms with Crippen molar-refractivity contribution in [3.05, 3.63) is 87.0 Å². The molecule has 3 aromatic carbocycles. The predicted molar refractivity (Wildman–Crippen MR) is 142 cm³/mol. The smallest absolute Gasteiger partial charge is 0.407 e. The maximum atomic E-state index is 12.2. The molecule has 0 saturated heterocycles. The summed E-state index contributed by atoms with van der Waals surface area (Å²) in [4.78, 5) is 35.8. The Bertz CT molecular complexity index is 1210. The SMILES string of the molecule is O=C(CCCCNC(=O)OCC1c2ccccc2-c2ccccc21)Nc1ccc(I)cc1C(=O)O. The summed E-state index contributed by atoms with van der Waals surface area (Å²) in [5, 5.41) is 14.7. The van der Waals surface area contributed by atoms with Crippen molar-refractivity contribution in [2.75, 3.05) is 18.5 Å². The van der Waals surface area contributed by atoms with Gasteiger partial charge in [0.05, 0.1) is 11.3 Å². The molecule has 0 bridgehead atoms. The summed E-state index contributed by atoms with van der Waals surface area (Å²) in [6, 6.07) is 21.2. The van der Waals surface area contributed by atoms with Gasteiger partial charge in [-0.1, -0.05) is 48.5 Å². The van der Waals surface area contributed by atoms with Gasteiger partial charge >= 0.3 is 12.1 Å². The maximum absolute atomic E-state index is 12.2. The first-order valence-corrected chi connectivity index (χ1v) is 12.4. The average Bonchev–Trinajstić information content (AvgIpc) is 3.17. The van der Waals surface area contributed by atoms with E-state index in [1.54, 1.807) is 12.1 Å². The number of carbonyl (C=O) groups is 3. The van der Waals surface area contributed by atoms with E-state index in [4.69, 9.17) is 4.74 Å². The first-order valence-electron chi connectivity index (χ1n) is 11.4. The summed E-state index contributed by atoms with van der Waals surface area (Å²) in [6.07, 6.45) is 0.872. The molecule has 1 aliphatic rings. The van der Waals surface area contributed by atoms with Gasteiger partial charge < -0.3 is 20.5 Å². The molecule has 1 aliphatic carbocycles. The van der Waals surface area contributed by atoms with E-state index in [2.05, 4.69) is 34.9 Å². The molecule has 2 amide bonds. The Balaban J connectivity index is 1.19. The number of aromatic carboxylic acids is 1. The lowest BCUT2D eigenvalue weighted by Crippen LogP contribution is -2.27. The Hall–Kier alpha value is -3.40. The number of hydrogen-bond donors (Lipinski definition) is 3. The van der Waals surface area contributed by atoms with Crippen LogP contribution in [0.2, 0.25) is 0 Å². The molecular weight excluding hydrogens is 559 g/mol. The largest absolute Gasteiger partial charge is 0.478 e. The molecular formula is C27H25IN2O5. The van der Waals surface area contributed by atoms with Crippen molar-refractivity contribution >= 4 is 46.2 Å². The third kappa shape index (κ3) is 6.00. The molecule has 0 saturated carbocycles. The number of carbonyl (C=O) groups excluding carboxylic acids is 2. The van der Waals surface area contributed by atoms with Crippen LogP contribution >= 0.6 is 22.6 Å². The minimum absolute atomic E-state index is 0.00815. The number of fused-ring (bicyclic) bond motifs is 3. The van der Waals surface area contributed by atoms with Crippen LogP contribution in [-0.4, -0.2) is 36.2 Å². The number of anilines is 1. The lowest BCUT2D eigenvalue weighted by Gasteiger charge is -2.14. The number of ether oxygens (including phenoxy) is 1. The Labute approximate surface area is 217 Å². The van der Waals surface area contributed by atoms with Crippen molar-refractivity contribution in [3.8, 4) is 11.1 Å². The zero-order valence-electron chi connectivity index (χ0n) is 18.9. The second-order valence-corrected chi connectivity index (χ2v) is 9.50. The molecule has 3 N–H and O–H groups in total. The number of rotatable bonds is 9. The van der Waals surface area contributed by atoms with Gasteiger partial charge in [-0.25, -0.2) is 9.59 Å². The molecule has 0 heterocycles. The average molecular weight is 584 g/mol. The van der Waals surface area contributed by atoms with Crippen LogP contribution in [-0.2, 0) is 9.53 Å². The van der Waals surface area contributed by atoms with Crippen LogP contribution in [0.4, 0.5) is 10.5 Å². The van der Waals surface area contributed by atoms with Crippen molar-refractivity contribution < 1.29 is 24.2 Å². The van der Waals surface area contributed by atoms with Crippen LogP contribution in [0.15, 0.2) is 66.7 Å². The van der Waals surface area contributed by atoms with E-state index in [0.29, 0.717) is 19.4 Å². The normalized spacial score (nSPS) is 11.9. The molecule has 0 spiro atoms. The molecule has 4 rings (SSSR count). The van der Waals surface area contributed by atoms with Crippen molar-refractivity contribution in [1.29, 1.82) is 0 Å². The molecule has 0 unspecified atom stereocenters. The molecule has 3 aromatic rings. The zero-order chi connectivity index (χ0) is 24.8. The highest BCUT2D eigenvalue weighted by Crippen LogP contribution is 2.44. The van der Waals surface area contributed by atoms with Crippen molar-refractivity contribution in [2.45, 2.75) is 25.2 Å². The van der Waals surface area contributed by atoms with Crippen LogP contribution in [0, 0.1) is 3.57 Å². The zero-order valence-corrected chi connectivity index (χ0v) is 21.1. The predicted octanol–water partition coefficient (Wildman–Crippen LogP) is 5.64. The lowest BCUT2D eigenvalue weighted by atomic mass is 9.98. The standard InChI is InChI=1S/C27H25IN2O5/c28-17-12-13-24(22(15-17)26(32)33)30-25(31)11-5-6-14-29-27(34)35-16-23-20-9-3-1-7-18(20)19-8-2-4-10-21(19)23/h1-4,7-10,12-13,15,23H,5-6,11,14,16H2,(H,29,34)(H,30,31)(H,32,33). The Kier molecular flexibility index (Phi) is 8.02. The van der Waals surface area contributed by atoms with Gasteiger partial charge in [0.2, 0.25) is 5.91 Å². The molecule has 35 heavy (non-hydrogen) atoms. The first-order chi connectivity index (χ1) is 16.9. The maximum Gasteiger partial charge on any atom is 0.407 e. The van der Waals surface area contributed by atoms with Crippen LogP contribution < -0.4 is 10.6 Å². The van der Waals surface area contributed by atoms with Gasteiger partial charge in [0.15, 0.2) is 0 Å². The summed E-state index contributed by atoms with van der Waals surface area (Å²) in [5.74, 6) is -1.35. The van der Waals surface area contributed by atoms with E-state index >= 15 is 0 Å². The van der Waals surface area contributed by atoms with Gasteiger partial charge in [0.1, 0.15) is 6.61 Å². The quantitative estimate of drug-likeness (QED) is 0.223. The number of unbranched alkanes of at least 4 members (excludes halogenated alkanes) is 1. The van der Waals surface area contributed by atoms with Gasteiger partial charge in [0.25, 0.3) is 0 Å². The highest BCUT2D eigenvalue weighted by atomic mass is 127. The Morgan fingerprint density at radius 1 is 0.914 bits per heavy atom. The molecule has 180 valence electrons. The Morgan fingerprint density at radius 3 is 2.23 bits per heavy atom. The van der Waals surface area contributed by atoms with Gasteiger partial charge in [-0.15, -0.1) is 0 Å². The number of benzene rings is 3. The van der Waals surface area contributed by atoms with Crippen LogP contribution in [0.3, 0.4) is 0 Å². The fraction of sp³-hybridized carbons (Fsp3) is 0.222. The molecule has 0 fully saturated rings. The van der Waals surface area contributed by atoms with Gasteiger partial charge in [-0.3, -0.25) is 4.79 Å². The van der Waals surface area contributed by atoms with Crippen molar-refractivity contribution in [1.82, 2.24) is 5.32 Å². The number of nitrogens with one attached hydrogen (secondary N) is 2. The van der Waals surface area contributed by atoms with E-state index < -0.39 is 12.1 Å². The number of hydrogen-bond acceptors (Lipinski definition) is 4. The lowest BCUT2D eigenvalue weighted by molar-refractivity contribution is -0.116. The first kappa shape index (κ1) is 24.7. The molecule has 0 aromatic heterocycles. The summed E-state index contributed by atoms with van der Waals surface area (Å²) in [7, 11) is 0. The van der Waals surface area contributed by atoms with Crippen LogP contribution in [0.25, 0.3) is 11.1 Å². The summed E-state index contributed by atoms with van der Waals surface area (Å²) >= 11 is 2.02. The number of alkyl carbamates (subject to hydrolysis) is 1. The Morgan fingerprint density at radius 2 is 1.57 bits per heavy atom. The highest BCUT2D eigenvalue weighted by Gasteiger charge is 2.28. The van der Waals surface area contributed by atoms with Crippen molar-refractivity contribution in [2.24, 2.45) is 0 Å². The summed E-state index contributed by atoms with van der Waals surface area (Å²) < 4.78 is 6.28. The molecule has 0 aliphatic heterocycles. The minimum Gasteiger partial charge on any atom is -0.478 e. The summed E-state index contributed by atoms with van der Waals surface area (Å²) in [6.45, 7) is 0.637. The fourth-order valence-corrected chi connectivity index (χ4v) is 4.76. The number of amides is 2. The van der Waals surface area contributed by atoms with Gasteiger partial charge in [-0.05, 0) is 75.9 Å². The number of halogens is 1. The van der Waals surface area contributed by atoms with E-state index in [1.165, 1.54) is 17.2 Å². The van der Waals surface area contributed by atoms with Crippen molar-refractivity contribution in [3.63, 3.8) is 0 Å². The van der Waals surface area contributed by atoms with Crippen LogP contribution in [0.5, 0.6) is 0 Å². The van der Waals surface area contributed by atoms with Crippen LogP contribution in [0.1, 0.15) is 46.7 Å². The fourth-order valence-electron chi connectivity index (χ4n) is 4.27. The third-order valence-corrected chi connectivity index (χ3v) is 6.60. The second-order valence-electron chi connectivity index (χ2n) is 8.25. The van der Waals surface area contributed by atoms with E-state index in [0.717, 1.165) is 14.7 Å². The van der Waals surface area contributed by atoms with Gasteiger partial charge in [0, 0.05) is 22.5 Å². The molecule has 0 radical (unpaired) electrons. The molecule has 7 nitrogen and oxygen atoms in total. The van der Waals surface area contributed by atoms with E-state index in [9.17, 15) is 19.5 Å². The highest BCUT2D eigenvalue weighted by molar-refractivity contribution is 14.1. The van der Waals surface area contributed by atoms with E-state index in [1.807, 2.05) is 46.9 Å². The third-order valence-electron chi connectivity index (χ3n) is 5.93. The number of carboxylic acid groups (broad SMARTS) is 1. The molecule has 0 atom stereocenters.